The van der Waals surface area contributed by atoms with Crippen LogP contribution in [0.15, 0.2) is 12.1 Å². The van der Waals surface area contributed by atoms with E-state index in [1.165, 1.54) is 6.07 Å². The van der Waals surface area contributed by atoms with E-state index in [0.717, 1.165) is 6.07 Å². The molecule has 1 amide bonds. The van der Waals surface area contributed by atoms with Gasteiger partial charge in [0.1, 0.15) is 5.75 Å². The van der Waals surface area contributed by atoms with Gasteiger partial charge in [-0.15, -0.1) is 13.2 Å². The first-order valence-corrected chi connectivity index (χ1v) is 4.71. The summed E-state index contributed by atoms with van der Waals surface area (Å²) in [5.74, 6) is -0.917. The molecule has 0 spiro atoms. The van der Waals surface area contributed by atoms with Crippen molar-refractivity contribution >= 4 is 5.91 Å². The quantitative estimate of drug-likeness (QED) is 0.828. The van der Waals surface area contributed by atoms with Crippen LogP contribution in [0, 0.1) is 0 Å². The van der Waals surface area contributed by atoms with Crippen molar-refractivity contribution in [1.82, 2.24) is 5.32 Å². The van der Waals surface area contributed by atoms with Crippen LogP contribution < -0.4 is 10.1 Å². The fourth-order valence-electron chi connectivity index (χ4n) is 1.66. The molecule has 4 nitrogen and oxygen atoms in total. The first-order chi connectivity index (χ1) is 7.90. The predicted molar refractivity (Wildman–Crippen MR) is 50.2 cm³/mol. The average Bonchev–Trinajstić information content (AvgIpc) is 2.58. The van der Waals surface area contributed by atoms with E-state index in [4.69, 9.17) is 5.11 Å². The topological polar surface area (TPSA) is 58.6 Å². The highest BCUT2D eigenvalue weighted by Crippen LogP contribution is 2.32. The number of hydrogen-bond acceptors (Lipinski definition) is 3. The number of halogens is 3. The third-order valence-corrected chi connectivity index (χ3v) is 2.35. The Bertz CT molecular complexity index is 471. The van der Waals surface area contributed by atoms with E-state index < -0.39 is 24.6 Å². The van der Waals surface area contributed by atoms with Crippen LogP contribution in [0.25, 0.3) is 0 Å². The van der Waals surface area contributed by atoms with Gasteiger partial charge in [-0.3, -0.25) is 4.79 Å². The largest absolute Gasteiger partial charge is 0.573 e. The third-order valence-electron chi connectivity index (χ3n) is 2.35. The molecule has 1 aromatic rings. The summed E-state index contributed by atoms with van der Waals surface area (Å²) in [5, 5.41) is 11.3. The lowest BCUT2D eigenvalue weighted by Gasteiger charge is -2.13. The first kappa shape index (κ1) is 11.7. The highest BCUT2D eigenvalue weighted by atomic mass is 19.4. The molecule has 0 aromatic heterocycles. The molecule has 0 bridgehead atoms. The third kappa shape index (κ3) is 2.33. The van der Waals surface area contributed by atoms with Gasteiger partial charge in [0, 0.05) is 17.7 Å². The number of alkyl halides is 3. The Morgan fingerprint density at radius 1 is 1.41 bits per heavy atom. The second-order valence-electron chi connectivity index (χ2n) is 3.51. The Kier molecular flexibility index (Phi) is 2.70. The fraction of sp³-hybridized carbons (Fsp3) is 0.300. The van der Waals surface area contributed by atoms with E-state index in [-0.39, 0.29) is 23.2 Å². The normalized spacial score (nSPS) is 14.5. The maximum Gasteiger partial charge on any atom is 0.573 e. The smallest absolute Gasteiger partial charge is 0.405 e. The molecule has 7 heteroatoms. The van der Waals surface area contributed by atoms with Crippen molar-refractivity contribution in [2.45, 2.75) is 19.5 Å². The van der Waals surface area contributed by atoms with Gasteiger partial charge in [0.15, 0.2) is 0 Å². The minimum atomic E-state index is -4.83. The summed E-state index contributed by atoms with van der Waals surface area (Å²) in [6, 6.07) is 2.42. The molecule has 0 atom stereocenters. The van der Waals surface area contributed by atoms with Crippen LogP contribution in [0.4, 0.5) is 13.2 Å². The lowest BCUT2D eigenvalue weighted by molar-refractivity contribution is -0.274. The minimum absolute atomic E-state index is 0.00864. The molecule has 1 aliphatic heterocycles. The number of fused-ring (bicyclic) bond motifs is 1. The molecule has 17 heavy (non-hydrogen) atoms. The molecule has 2 N–H and O–H groups in total. The highest BCUT2D eigenvalue weighted by molar-refractivity contribution is 5.99. The maximum atomic E-state index is 12.2. The Hall–Kier alpha value is -1.76. The number of nitrogens with one attached hydrogen (secondary N) is 1. The molecule has 1 aromatic carbocycles. The Balaban J connectivity index is 2.48. The minimum Gasteiger partial charge on any atom is -0.405 e. The second kappa shape index (κ2) is 3.92. The van der Waals surface area contributed by atoms with Crippen molar-refractivity contribution in [2.24, 2.45) is 0 Å². The van der Waals surface area contributed by atoms with Gasteiger partial charge in [0.25, 0.3) is 5.91 Å². The van der Waals surface area contributed by atoms with Crippen molar-refractivity contribution in [1.29, 1.82) is 0 Å². The van der Waals surface area contributed by atoms with E-state index in [9.17, 15) is 18.0 Å². The molecule has 0 fully saturated rings. The SMILES string of the molecule is O=C1NCc2c(OC(F)(F)F)cc(CO)cc21. The molecule has 0 saturated heterocycles. The molecule has 0 saturated carbocycles. The van der Waals surface area contributed by atoms with Gasteiger partial charge in [-0.25, -0.2) is 0 Å². The molecule has 92 valence electrons. The van der Waals surface area contributed by atoms with Crippen molar-refractivity contribution in [2.75, 3.05) is 0 Å². The number of carbonyl (C=O) groups excluding carboxylic acids is 1. The lowest BCUT2D eigenvalue weighted by atomic mass is 10.1. The van der Waals surface area contributed by atoms with Crippen molar-refractivity contribution < 1.29 is 27.8 Å². The molecular formula is C10H8F3NO3. The van der Waals surface area contributed by atoms with Crippen LogP contribution in [-0.4, -0.2) is 17.4 Å². The van der Waals surface area contributed by atoms with Gasteiger partial charge in [-0.2, -0.15) is 0 Å². The number of hydrogen-bond donors (Lipinski definition) is 2. The van der Waals surface area contributed by atoms with Gasteiger partial charge >= 0.3 is 6.36 Å². The molecule has 1 aliphatic rings. The molecular weight excluding hydrogens is 239 g/mol. The summed E-state index contributed by atoms with van der Waals surface area (Å²) in [5.41, 5.74) is 0.459. The van der Waals surface area contributed by atoms with Crippen LogP contribution in [-0.2, 0) is 13.2 Å². The molecule has 0 unspecified atom stereocenters. The lowest BCUT2D eigenvalue weighted by Crippen LogP contribution is -2.18. The van der Waals surface area contributed by atoms with Crippen molar-refractivity contribution in [3.05, 3.63) is 28.8 Å². The summed E-state index contributed by atoms with van der Waals surface area (Å²) in [6.45, 7) is -0.472. The summed E-state index contributed by atoms with van der Waals surface area (Å²) in [4.78, 5) is 11.3. The van der Waals surface area contributed by atoms with Crippen LogP contribution in [0.5, 0.6) is 5.75 Å². The zero-order valence-corrected chi connectivity index (χ0v) is 8.47. The van der Waals surface area contributed by atoms with Crippen molar-refractivity contribution in [3.8, 4) is 5.75 Å². The van der Waals surface area contributed by atoms with E-state index in [2.05, 4.69) is 10.1 Å². The fourth-order valence-corrected chi connectivity index (χ4v) is 1.66. The van der Waals surface area contributed by atoms with Crippen LogP contribution in [0.2, 0.25) is 0 Å². The highest BCUT2D eigenvalue weighted by Gasteiger charge is 2.34. The standard InChI is InChI=1S/C10H8F3NO3/c11-10(12,13)17-8-2-5(4-15)1-6-7(8)3-14-9(6)16/h1-2,15H,3-4H2,(H,14,16). The van der Waals surface area contributed by atoms with E-state index >= 15 is 0 Å². The van der Waals surface area contributed by atoms with Gasteiger partial charge in [-0.1, -0.05) is 0 Å². The van der Waals surface area contributed by atoms with Crippen LogP contribution in [0.1, 0.15) is 21.5 Å². The maximum absolute atomic E-state index is 12.2. The van der Waals surface area contributed by atoms with E-state index in [1.54, 1.807) is 0 Å². The van der Waals surface area contributed by atoms with E-state index in [0.29, 0.717) is 0 Å². The monoisotopic (exact) mass is 247 g/mol. The van der Waals surface area contributed by atoms with Gasteiger partial charge in [0.2, 0.25) is 0 Å². The number of rotatable bonds is 2. The average molecular weight is 247 g/mol. The second-order valence-corrected chi connectivity index (χ2v) is 3.51. The Labute approximate surface area is 94.0 Å². The zero-order valence-electron chi connectivity index (χ0n) is 8.47. The number of ether oxygens (including phenoxy) is 1. The van der Waals surface area contributed by atoms with Gasteiger partial charge in [0.05, 0.1) is 6.61 Å². The Morgan fingerprint density at radius 2 is 2.12 bits per heavy atom. The molecule has 0 radical (unpaired) electrons. The molecule has 0 aliphatic carbocycles. The summed E-state index contributed by atoms with van der Waals surface area (Å²) < 4.78 is 40.3. The van der Waals surface area contributed by atoms with Gasteiger partial charge < -0.3 is 15.2 Å². The molecule has 2 rings (SSSR count). The number of carbonyl (C=O) groups is 1. The summed E-state index contributed by atoms with van der Waals surface area (Å²) >= 11 is 0. The Morgan fingerprint density at radius 3 is 2.71 bits per heavy atom. The summed E-state index contributed by atoms with van der Waals surface area (Å²) in [7, 11) is 0. The van der Waals surface area contributed by atoms with Crippen LogP contribution >= 0.6 is 0 Å². The van der Waals surface area contributed by atoms with Crippen molar-refractivity contribution in [3.63, 3.8) is 0 Å². The van der Waals surface area contributed by atoms with Crippen LogP contribution in [0.3, 0.4) is 0 Å². The predicted octanol–water partition coefficient (Wildman–Crippen LogP) is 1.32. The van der Waals surface area contributed by atoms with E-state index in [1.807, 2.05) is 0 Å². The molecule has 1 heterocycles. The number of aliphatic hydroxyl groups is 1. The number of benzene rings is 1. The zero-order chi connectivity index (χ0) is 12.6. The first-order valence-electron chi connectivity index (χ1n) is 4.71. The summed E-state index contributed by atoms with van der Waals surface area (Å²) in [6.07, 6.45) is -4.83. The number of aliphatic hydroxyl groups excluding tert-OH is 1. The van der Waals surface area contributed by atoms with Gasteiger partial charge in [-0.05, 0) is 17.7 Å². The number of amides is 1.